The van der Waals surface area contributed by atoms with Crippen molar-refractivity contribution >= 4 is 23.3 Å². The van der Waals surface area contributed by atoms with E-state index in [0.717, 1.165) is 30.1 Å². The molecule has 0 spiro atoms. The fraction of sp³-hybridized carbons (Fsp3) is 0.269. The minimum Gasteiger partial charge on any atom is -0.497 e. The van der Waals surface area contributed by atoms with Crippen LogP contribution in [0.1, 0.15) is 32.7 Å². The third-order valence-electron chi connectivity index (χ3n) is 5.84. The molecule has 0 radical (unpaired) electrons. The van der Waals surface area contributed by atoms with Gasteiger partial charge in [-0.25, -0.2) is 4.98 Å². The van der Waals surface area contributed by atoms with Crippen molar-refractivity contribution in [2.45, 2.75) is 13.3 Å². The minimum atomic E-state index is -0.148. The molecular formula is C26H28N4O3. The molecule has 4 rings (SSSR count). The molecule has 33 heavy (non-hydrogen) atoms. The Bertz CT molecular complexity index is 1110. The van der Waals surface area contributed by atoms with Crippen LogP contribution in [0.2, 0.25) is 0 Å². The molecule has 0 aliphatic carbocycles. The third kappa shape index (κ3) is 5.31. The molecule has 0 saturated carbocycles. The van der Waals surface area contributed by atoms with Crippen molar-refractivity contribution in [3.8, 4) is 5.75 Å². The Morgan fingerprint density at radius 3 is 2.42 bits per heavy atom. The standard InChI is InChI=1S/C26H28N4O3/c1-19-6-3-4-7-23(19)25(31)28-21-10-13-24(27-18-21)29-14-5-15-30(17-16-29)26(32)20-8-11-22(33-2)12-9-20/h3-4,6-13,18H,5,14-17H2,1-2H3,(H,28,31). The van der Waals surface area contributed by atoms with Crippen molar-refractivity contribution < 1.29 is 14.3 Å². The van der Waals surface area contributed by atoms with Crippen LogP contribution in [0.5, 0.6) is 5.75 Å². The Morgan fingerprint density at radius 2 is 1.73 bits per heavy atom. The lowest BCUT2D eigenvalue weighted by molar-refractivity contribution is 0.0766. The lowest BCUT2D eigenvalue weighted by atomic mass is 10.1. The highest BCUT2D eigenvalue weighted by Gasteiger charge is 2.21. The molecule has 0 atom stereocenters. The number of aromatic nitrogens is 1. The molecule has 0 unspecified atom stereocenters. The molecule has 2 aromatic carbocycles. The summed E-state index contributed by atoms with van der Waals surface area (Å²) in [4.78, 5) is 34.0. The van der Waals surface area contributed by atoms with Crippen molar-refractivity contribution in [3.05, 3.63) is 83.6 Å². The van der Waals surface area contributed by atoms with E-state index in [1.807, 2.05) is 48.2 Å². The molecule has 3 aromatic rings. The second kappa shape index (κ2) is 10.2. The normalized spacial score (nSPS) is 13.9. The molecule has 1 fully saturated rings. The smallest absolute Gasteiger partial charge is 0.255 e. The number of nitrogens with zero attached hydrogens (tertiary/aromatic N) is 3. The quantitative estimate of drug-likeness (QED) is 0.644. The van der Waals surface area contributed by atoms with Gasteiger partial charge in [0, 0.05) is 37.3 Å². The van der Waals surface area contributed by atoms with Gasteiger partial charge in [0.2, 0.25) is 0 Å². The van der Waals surface area contributed by atoms with Crippen LogP contribution >= 0.6 is 0 Å². The molecule has 2 heterocycles. The monoisotopic (exact) mass is 444 g/mol. The Labute approximate surface area is 194 Å². The zero-order valence-corrected chi connectivity index (χ0v) is 19.0. The maximum Gasteiger partial charge on any atom is 0.255 e. The van der Waals surface area contributed by atoms with Crippen LogP contribution in [0, 0.1) is 6.92 Å². The first-order chi connectivity index (χ1) is 16.0. The van der Waals surface area contributed by atoms with Gasteiger partial charge in [-0.05, 0) is 61.4 Å². The number of ether oxygens (including phenoxy) is 1. The van der Waals surface area contributed by atoms with Gasteiger partial charge in [-0.3, -0.25) is 9.59 Å². The SMILES string of the molecule is COc1ccc(C(=O)N2CCCN(c3ccc(NC(=O)c4ccccc4C)cn3)CC2)cc1. The maximum absolute atomic E-state index is 12.9. The first kappa shape index (κ1) is 22.3. The molecule has 1 aromatic heterocycles. The van der Waals surface area contributed by atoms with Gasteiger partial charge in [0.1, 0.15) is 11.6 Å². The van der Waals surface area contributed by atoms with Crippen molar-refractivity contribution in [2.75, 3.05) is 43.5 Å². The average Bonchev–Trinajstić information content (AvgIpc) is 3.11. The number of nitrogens with one attached hydrogen (secondary N) is 1. The van der Waals surface area contributed by atoms with E-state index in [1.165, 1.54) is 0 Å². The summed E-state index contributed by atoms with van der Waals surface area (Å²) in [5.74, 6) is 1.45. The van der Waals surface area contributed by atoms with E-state index in [-0.39, 0.29) is 11.8 Å². The summed E-state index contributed by atoms with van der Waals surface area (Å²) in [5.41, 5.74) is 2.89. The zero-order valence-electron chi connectivity index (χ0n) is 19.0. The average molecular weight is 445 g/mol. The fourth-order valence-electron chi connectivity index (χ4n) is 3.94. The molecule has 2 amide bonds. The van der Waals surface area contributed by atoms with E-state index in [1.54, 1.807) is 37.6 Å². The van der Waals surface area contributed by atoms with Crippen LogP contribution in [0.25, 0.3) is 0 Å². The Hall–Kier alpha value is -3.87. The molecular weight excluding hydrogens is 416 g/mol. The molecule has 1 saturated heterocycles. The highest BCUT2D eigenvalue weighted by atomic mass is 16.5. The van der Waals surface area contributed by atoms with Crippen molar-refractivity contribution in [1.29, 1.82) is 0 Å². The van der Waals surface area contributed by atoms with Crippen molar-refractivity contribution in [1.82, 2.24) is 9.88 Å². The first-order valence-corrected chi connectivity index (χ1v) is 11.1. The lowest BCUT2D eigenvalue weighted by Gasteiger charge is -2.23. The van der Waals surface area contributed by atoms with Crippen LogP contribution < -0.4 is 15.0 Å². The number of carbonyl (C=O) groups is 2. The van der Waals surface area contributed by atoms with Crippen molar-refractivity contribution in [3.63, 3.8) is 0 Å². The van der Waals surface area contributed by atoms with Gasteiger partial charge in [0.15, 0.2) is 0 Å². The van der Waals surface area contributed by atoms with Crippen LogP contribution in [-0.2, 0) is 0 Å². The van der Waals surface area contributed by atoms with E-state index in [0.29, 0.717) is 36.4 Å². The van der Waals surface area contributed by atoms with Gasteiger partial charge in [-0.2, -0.15) is 0 Å². The number of amides is 2. The predicted octanol–water partition coefficient (Wildman–Crippen LogP) is 4.00. The number of rotatable bonds is 5. The predicted molar refractivity (Wildman–Crippen MR) is 129 cm³/mol. The van der Waals surface area contributed by atoms with E-state index >= 15 is 0 Å². The number of aryl methyl sites for hydroxylation is 1. The summed E-state index contributed by atoms with van der Waals surface area (Å²) in [7, 11) is 1.61. The summed E-state index contributed by atoms with van der Waals surface area (Å²) in [6.07, 6.45) is 2.53. The van der Waals surface area contributed by atoms with Crippen LogP contribution in [0.3, 0.4) is 0 Å². The number of pyridine rings is 1. The van der Waals surface area contributed by atoms with Crippen LogP contribution in [-0.4, -0.2) is 55.0 Å². The number of hydrogen-bond donors (Lipinski definition) is 1. The van der Waals surface area contributed by atoms with Gasteiger partial charge in [-0.15, -0.1) is 0 Å². The molecule has 1 aliphatic heterocycles. The van der Waals surface area contributed by atoms with Gasteiger partial charge in [0.05, 0.1) is 19.0 Å². The van der Waals surface area contributed by atoms with E-state index < -0.39 is 0 Å². The number of carbonyl (C=O) groups excluding carboxylic acids is 2. The maximum atomic E-state index is 12.9. The molecule has 7 heteroatoms. The Balaban J connectivity index is 1.36. The summed E-state index contributed by atoms with van der Waals surface area (Å²) in [6.45, 7) is 4.75. The van der Waals surface area contributed by atoms with Gasteiger partial charge < -0.3 is 19.9 Å². The Morgan fingerprint density at radius 1 is 0.939 bits per heavy atom. The second-order valence-electron chi connectivity index (χ2n) is 8.04. The highest BCUT2D eigenvalue weighted by molar-refractivity contribution is 6.05. The fourth-order valence-corrected chi connectivity index (χ4v) is 3.94. The van der Waals surface area contributed by atoms with Crippen molar-refractivity contribution in [2.24, 2.45) is 0 Å². The number of benzene rings is 2. The zero-order chi connectivity index (χ0) is 23.2. The van der Waals surface area contributed by atoms with Crippen LogP contribution in [0.4, 0.5) is 11.5 Å². The number of hydrogen-bond acceptors (Lipinski definition) is 5. The Kier molecular flexibility index (Phi) is 6.88. The van der Waals surface area contributed by atoms with E-state index in [2.05, 4.69) is 15.2 Å². The summed E-state index contributed by atoms with van der Waals surface area (Å²) >= 11 is 0. The van der Waals surface area contributed by atoms with Gasteiger partial charge >= 0.3 is 0 Å². The van der Waals surface area contributed by atoms with E-state index in [9.17, 15) is 9.59 Å². The van der Waals surface area contributed by atoms with Gasteiger partial charge in [0.25, 0.3) is 11.8 Å². The first-order valence-electron chi connectivity index (χ1n) is 11.1. The number of anilines is 2. The van der Waals surface area contributed by atoms with Crippen LogP contribution in [0.15, 0.2) is 66.9 Å². The topological polar surface area (TPSA) is 74.8 Å². The number of methoxy groups -OCH3 is 1. The molecule has 1 N–H and O–H groups in total. The van der Waals surface area contributed by atoms with Gasteiger partial charge in [-0.1, -0.05) is 18.2 Å². The molecule has 170 valence electrons. The third-order valence-corrected chi connectivity index (χ3v) is 5.84. The molecule has 0 bridgehead atoms. The summed E-state index contributed by atoms with van der Waals surface area (Å²) in [5, 5.41) is 2.91. The second-order valence-corrected chi connectivity index (χ2v) is 8.04. The highest BCUT2D eigenvalue weighted by Crippen LogP contribution is 2.19. The summed E-state index contributed by atoms with van der Waals surface area (Å²) < 4.78 is 5.17. The minimum absolute atomic E-state index is 0.0294. The molecule has 7 nitrogen and oxygen atoms in total. The molecule has 1 aliphatic rings. The summed E-state index contributed by atoms with van der Waals surface area (Å²) in [6, 6.07) is 18.5. The van der Waals surface area contributed by atoms with E-state index in [4.69, 9.17) is 4.74 Å². The largest absolute Gasteiger partial charge is 0.497 e. The lowest BCUT2D eigenvalue weighted by Crippen LogP contribution is -2.35.